The summed E-state index contributed by atoms with van der Waals surface area (Å²) in [7, 11) is 0. The van der Waals surface area contributed by atoms with Crippen LogP contribution in [0, 0.1) is 0 Å². The molecule has 1 aliphatic rings. The topological polar surface area (TPSA) is 68.7 Å². The van der Waals surface area contributed by atoms with E-state index in [0.717, 1.165) is 5.56 Å². The molecule has 2 aromatic rings. The number of aryl methyl sites for hydroxylation is 1. The van der Waals surface area contributed by atoms with Gasteiger partial charge < -0.3 is 9.47 Å². The number of ketones is 1. The molecule has 33 heavy (non-hydrogen) atoms. The van der Waals surface area contributed by atoms with Crippen molar-refractivity contribution in [1.82, 2.24) is 9.88 Å². The minimum atomic E-state index is -4.74. The van der Waals surface area contributed by atoms with Gasteiger partial charge in [0.2, 0.25) is 0 Å². The third-order valence-corrected chi connectivity index (χ3v) is 4.78. The number of aromatic nitrogens is 1. The Labute approximate surface area is 190 Å². The summed E-state index contributed by atoms with van der Waals surface area (Å²) in [5, 5.41) is 0. The van der Waals surface area contributed by atoms with Crippen LogP contribution in [0.5, 0.6) is 5.75 Å². The molecule has 1 atom stereocenters. The zero-order chi connectivity index (χ0) is 24.2. The Morgan fingerprint density at radius 1 is 1.09 bits per heavy atom. The molecule has 0 saturated carbocycles. The van der Waals surface area contributed by atoms with E-state index in [1.54, 1.807) is 51.3 Å². The van der Waals surface area contributed by atoms with Gasteiger partial charge in [0.1, 0.15) is 17.4 Å². The minimum Gasteiger partial charge on any atom is -0.444 e. The summed E-state index contributed by atoms with van der Waals surface area (Å²) in [6, 6.07) is 8.36. The highest BCUT2D eigenvalue weighted by Crippen LogP contribution is 2.27. The largest absolute Gasteiger partial charge is 0.573 e. The van der Waals surface area contributed by atoms with Crippen molar-refractivity contribution in [2.75, 3.05) is 6.54 Å². The molecule has 0 saturated heterocycles. The monoisotopic (exact) mass is 462 g/mol. The fourth-order valence-corrected chi connectivity index (χ4v) is 3.35. The Bertz CT molecular complexity index is 1030. The summed E-state index contributed by atoms with van der Waals surface area (Å²) in [6.07, 6.45) is 0.280. The molecule has 0 spiro atoms. The third-order valence-electron chi connectivity index (χ3n) is 4.78. The van der Waals surface area contributed by atoms with E-state index in [4.69, 9.17) is 4.74 Å². The maximum Gasteiger partial charge on any atom is 0.573 e. The maximum atomic E-state index is 12.8. The number of ether oxygens (including phenoxy) is 2. The van der Waals surface area contributed by atoms with Crippen LogP contribution in [-0.2, 0) is 16.0 Å². The number of halogens is 3. The predicted molar refractivity (Wildman–Crippen MR) is 116 cm³/mol. The van der Waals surface area contributed by atoms with Crippen LogP contribution in [0.2, 0.25) is 0 Å². The number of alkyl halides is 3. The van der Waals surface area contributed by atoms with E-state index in [-0.39, 0.29) is 18.0 Å². The standard InChI is InChI=1S/C24H25F3N2O4/c1-23(2,3)33-22(31)29-14-4-5-20(29)21(30)11-8-18-15-17(12-13-28-18)16-6-9-19(10-7-16)32-24(25,26)27/h4-7,9-10,12-13,15,20H,8,11,14H2,1-3H3/t20-/m0/s1. The van der Waals surface area contributed by atoms with Gasteiger partial charge in [-0.25, -0.2) is 4.79 Å². The quantitative estimate of drug-likeness (QED) is 0.543. The Morgan fingerprint density at radius 2 is 1.79 bits per heavy atom. The SMILES string of the molecule is CC(C)(C)OC(=O)N1CC=C[C@H]1C(=O)CCc1cc(-c2ccc(OC(F)(F)F)cc2)ccn1. The Balaban J connectivity index is 1.62. The molecule has 0 fully saturated rings. The second kappa shape index (κ2) is 9.64. The van der Waals surface area contributed by atoms with Gasteiger partial charge in [0.15, 0.2) is 5.78 Å². The molecule has 0 bridgehead atoms. The van der Waals surface area contributed by atoms with Gasteiger partial charge >= 0.3 is 12.5 Å². The zero-order valence-corrected chi connectivity index (χ0v) is 18.6. The van der Waals surface area contributed by atoms with Gasteiger partial charge in [0.05, 0.1) is 0 Å². The zero-order valence-electron chi connectivity index (χ0n) is 18.6. The molecular formula is C24H25F3N2O4. The Hall–Kier alpha value is -3.36. The van der Waals surface area contributed by atoms with E-state index >= 15 is 0 Å². The van der Waals surface area contributed by atoms with Crippen LogP contribution in [0.1, 0.15) is 32.9 Å². The number of Topliss-reactive ketones (excluding diaryl/α,β-unsaturated/α-hetero) is 1. The number of rotatable bonds is 6. The summed E-state index contributed by atoms with van der Waals surface area (Å²) in [5.41, 5.74) is 1.44. The van der Waals surface area contributed by atoms with Gasteiger partial charge in [-0.05, 0) is 62.6 Å². The fourth-order valence-electron chi connectivity index (χ4n) is 3.35. The molecular weight excluding hydrogens is 437 g/mol. The number of hydrogen-bond donors (Lipinski definition) is 0. The Kier molecular flexibility index (Phi) is 7.09. The molecule has 0 unspecified atom stereocenters. The number of benzene rings is 1. The van der Waals surface area contributed by atoms with Crippen LogP contribution in [0.25, 0.3) is 11.1 Å². The molecule has 6 nitrogen and oxygen atoms in total. The van der Waals surface area contributed by atoms with E-state index < -0.39 is 24.1 Å². The van der Waals surface area contributed by atoms with Crippen molar-refractivity contribution >= 4 is 11.9 Å². The first-order valence-electron chi connectivity index (χ1n) is 10.4. The van der Waals surface area contributed by atoms with Crippen molar-refractivity contribution in [2.45, 2.75) is 51.6 Å². The highest BCUT2D eigenvalue weighted by molar-refractivity contribution is 5.90. The van der Waals surface area contributed by atoms with Crippen molar-refractivity contribution in [3.05, 3.63) is 60.4 Å². The molecule has 0 aliphatic carbocycles. The average molecular weight is 462 g/mol. The number of hydrogen-bond acceptors (Lipinski definition) is 5. The normalized spacial score (nSPS) is 16.1. The van der Waals surface area contributed by atoms with Crippen molar-refractivity contribution in [1.29, 1.82) is 0 Å². The number of amides is 1. The summed E-state index contributed by atoms with van der Waals surface area (Å²) in [4.78, 5) is 30.8. The average Bonchev–Trinajstić information content (AvgIpc) is 3.21. The molecule has 1 aliphatic heterocycles. The lowest BCUT2D eigenvalue weighted by Gasteiger charge is -2.27. The van der Waals surface area contributed by atoms with Crippen molar-refractivity contribution < 1.29 is 32.2 Å². The second-order valence-corrected chi connectivity index (χ2v) is 8.58. The minimum absolute atomic E-state index is 0.129. The van der Waals surface area contributed by atoms with Gasteiger partial charge in [-0.15, -0.1) is 13.2 Å². The molecule has 9 heteroatoms. The lowest BCUT2D eigenvalue weighted by atomic mass is 10.0. The first-order valence-corrected chi connectivity index (χ1v) is 10.4. The molecule has 2 heterocycles. The molecule has 176 valence electrons. The smallest absolute Gasteiger partial charge is 0.444 e. The molecule has 1 aromatic carbocycles. The maximum absolute atomic E-state index is 12.8. The highest BCUT2D eigenvalue weighted by atomic mass is 19.4. The summed E-state index contributed by atoms with van der Waals surface area (Å²) >= 11 is 0. The van der Waals surface area contributed by atoms with Crippen LogP contribution in [0.4, 0.5) is 18.0 Å². The fraction of sp³-hybridized carbons (Fsp3) is 0.375. The highest BCUT2D eigenvalue weighted by Gasteiger charge is 2.33. The first kappa shape index (κ1) is 24.3. The van der Waals surface area contributed by atoms with Crippen LogP contribution in [-0.4, -0.2) is 46.3 Å². The van der Waals surface area contributed by atoms with Crippen LogP contribution < -0.4 is 4.74 Å². The number of carbonyl (C=O) groups is 2. The van der Waals surface area contributed by atoms with Crippen molar-refractivity contribution in [3.8, 4) is 16.9 Å². The predicted octanol–water partition coefficient (Wildman–Crippen LogP) is 5.32. The van der Waals surface area contributed by atoms with Crippen LogP contribution >= 0.6 is 0 Å². The van der Waals surface area contributed by atoms with E-state index in [1.807, 2.05) is 0 Å². The van der Waals surface area contributed by atoms with Crippen molar-refractivity contribution in [3.63, 3.8) is 0 Å². The summed E-state index contributed by atoms with van der Waals surface area (Å²) in [5.74, 6) is -0.430. The summed E-state index contributed by atoms with van der Waals surface area (Å²) < 4.78 is 46.3. The second-order valence-electron chi connectivity index (χ2n) is 8.58. The van der Waals surface area contributed by atoms with Gasteiger partial charge in [-0.1, -0.05) is 24.3 Å². The molecule has 0 radical (unpaired) electrons. The number of nitrogens with zero attached hydrogens (tertiary/aromatic N) is 2. The van der Waals surface area contributed by atoms with Gasteiger partial charge in [0, 0.05) is 24.9 Å². The van der Waals surface area contributed by atoms with E-state index in [0.29, 0.717) is 24.2 Å². The lowest BCUT2D eigenvalue weighted by Crippen LogP contribution is -2.43. The molecule has 1 aromatic heterocycles. The number of pyridine rings is 1. The molecule has 1 amide bonds. The van der Waals surface area contributed by atoms with Crippen molar-refractivity contribution in [2.24, 2.45) is 0 Å². The van der Waals surface area contributed by atoms with Gasteiger partial charge in [0.25, 0.3) is 0 Å². The lowest BCUT2D eigenvalue weighted by molar-refractivity contribution is -0.274. The third kappa shape index (κ3) is 7.06. The van der Waals surface area contributed by atoms with Crippen LogP contribution in [0.15, 0.2) is 54.7 Å². The number of carbonyl (C=O) groups excluding carboxylic acids is 2. The molecule has 0 N–H and O–H groups in total. The van der Waals surface area contributed by atoms with E-state index in [9.17, 15) is 22.8 Å². The van der Waals surface area contributed by atoms with Gasteiger partial charge in [-0.3, -0.25) is 14.7 Å². The van der Waals surface area contributed by atoms with Gasteiger partial charge in [-0.2, -0.15) is 0 Å². The van der Waals surface area contributed by atoms with Crippen LogP contribution in [0.3, 0.4) is 0 Å². The molecule has 3 rings (SSSR count). The van der Waals surface area contributed by atoms with E-state index in [2.05, 4.69) is 9.72 Å². The van der Waals surface area contributed by atoms with E-state index in [1.165, 1.54) is 29.2 Å². The Morgan fingerprint density at radius 3 is 2.42 bits per heavy atom. The first-order chi connectivity index (χ1) is 15.4. The summed E-state index contributed by atoms with van der Waals surface area (Å²) in [6.45, 7) is 5.61.